The Bertz CT molecular complexity index is 1020. The average molecular weight is 441 g/mol. The standard InChI is InChI=1S/C19H17BrN6O2/c20-13-7-8-17(26-12-21-23-24-26)15(11-13)18(27)22-16-6-2-1-5-14(16)19(28)25-9-3-4-10-25/h1-2,5-8,11-12H,3-4,9-10H2,(H,22,27). The van der Waals surface area contributed by atoms with Gasteiger partial charge >= 0.3 is 0 Å². The van der Waals surface area contributed by atoms with Crippen molar-refractivity contribution in [3.05, 3.63) is 64.4 Å². The van der Waals surface area contributed by atoms with E-state index in [9.17, 15) is 9.59 Å². The van der Waals surface area contributed by atoms with Crippen LogP contribution in [0, 0.1) is 0 Å². The van der Waals surface area contributed by atoms with Crippen molar-refractivity contribution in [1.82, 2.24) is 25.1 Å². The number of amides is 2. The Morgan fingerprint density at radius 2 is 1.82 bits per heavy atom. The monoisotopic (exact) mass is 440 g/mol. The summed E-state index contributed by atoms with van der Waals surface area (Å²) in [6.45, 7) is 1.49. The van der Waals surface area contributed by atoms with Gasteiger partial charge in [-0.2, -0.15) is 4.68 Å². The summed E-state index contributed by atoms with van der Waals surface area (Å²) in [6.07, 6.45) is 3.44. The Labute approximate surface area is 169 Å². The van der Waals surface area contributed by atoms with E-state index in [-0.39, 0.29) is 11.8 Å². The van der Waals surface area contributed by atoms with Gasteiger partial charge in [0.25, 0.3) is 11.8 Å². The summed E-state index contributed by atoms with van der Waals surface area (Å²) < 4.78 is 2.17. The number of carbonyl (C=O) groups excluding carboxylic acids is 2. The average Bonchev–Trinajstić information content (AvgIpc) is 3.42. The molecular formula is C19H17BrN6O2. The number of aromatic nitrogens is 4. The molecule has 142 valence electrons. The first-order valence-corrected chi connectivity index (χ1v) is 9.65. The van der Waals surface area contributed by atoms with Crippen LogP contribution in [0.3, 0.4) is 0 Å². The third-order valence-electron chi connectivity index (χ3n) is 4.60. The highest BCUT2D eigenvalue weighted by atomic mass is 79.9. The van der Waals surface area contributed by atoms with Crippen LogP contribution in [0.15, 0.2) is 53.3 Å². The highest BCUT2D eigenvalue weighted by Gasteiger charge is 2.23. The highest BCUT2D eigenvalue weighted by molar-refractivity contribution is 9.10. The fraction of sp³-hybridized carbons (Fsp3) is 0.211. The molecule has 2 amide bonds. The predicted octanol–water partition coefficient (Wildman–Crippen LogP) is 2.91. The molecule has 0 saturated carbocycles. The van der Waals surface area contributed by atoms with Gasteiger partial charge in [-0.1, -0.05) is 28.1 Å². The Hall–Kier alpha value is -3.07. The second kappa shape index (κ2) is 7.89. The number of anilines is 1. The van der Waals surface area contributed by atoms with Crippen molar-refractivity contribution >= 4 is 33.4 Å². The lowest BCUT2D eigenvalue weighted by atomic mass is 10.1. The molecule has 1 aromatic heterocycles. The molecule has 1 fully saturated rings. The summed E-state index contributed by atoms with van der Waals surface area (Å²) in [6, 6.07) is 12.3. The zero-order valence-corrected chi connectivity index (χ0v) is 16.5. The molecule has 4 rings (SSSR count). The summed E-state index contributed by atoms with van der Waals surface area (Å²) in [5.74, 6) is -0.420. The van der Waals surface area contributed by atoms with Crippen LogP contribution in [0.1, 0.15) is 33.6 Å². The zero-order valence-electron chi connectivity index (χ0n) is 14.9. The number of hydrogen-bond donors (Lipinski definition) is 1. The second-order valence-electron chi connectivity index (χ2n) is 6.41. The van der Waals surface area contributed by atoms with E-state index in [1.54, 1.807) is 42.5 Å². The van der Waals surface area contributed by atoms with Gasteiger partial charge < -0.3 is 10.2 Å². The molecule has 28 heavy (non-hydrogen) atoms. The number of para-hydroxylation sites is 1. The second-order valence-corrected chi connectivity index (χ2v) is 7.33. The van der Waals surface area contributed by atoms with Crippen molar-refractivity contribution < 1.29 is 9.59 Å². The van der Waals surface area contributed by atoms with Crippen molar-refractivity contribution in [2.45, 2.75) is 12.8 Å². The number of likely N-dealkylation sites (tertiary alicyclic amines) is 1. The SMILES string of the molecule is O=C(Nc1ccccc1C(=O)N1CCCC1)c1cc(Br)ccc1-n1cnnn1. The molecule has 8 nitrogen and oxygen atoms in total. The van der Waals surface area contributed by atoms with Crippen LogP contribution in [-0.2, 0) is 0 Å². The van der Waals surface area contributed by atoms with E-state index in [0.29, 0.717) is 22.5 Å². The lowest BCUT2D eigenvalue weighted by Crippen LogP contribution is -2.29. The third-order valence-corrected chi connectivity index (χ3v) is 5.09. The summed E-state index contributed by atoms with van der Waals surface area (Å²) in [5.41, 5.74) is 1.88. The van der Waals surface area contributed by atoms with Gasteiger partial charge in [0.05, 0.1) is 22.5 Å². The first kappa shape index (κ1) is 18.3. The molecule has 1 N–H and O–H groups in total. The van der Waals surface area contributed by atoms with Crippen molar-refractivity contribution in [1.29, 1.82) is 0 Å². The number of tetrazole rings is 1. The zero-order chi connectivity index (χ0) is 19.5. The maximum absolute atomic E-state index is 13.0. The lowest BCUT2D eigenvalue weighted by molar-refractivity contribution is 0.0794. The van der Waals surface area contributed by atoms with Crippen LogP contribution in [0.25, 0.3) is 5.69 Å². The molecule has 9 heteroatoms. The first-order chi connectivity index (χ1) is 13.6. The molecule has 1 aliphatic heterocycles. The van der Waals surface area contributed by atoms with E-state index in [4.69, 9.17) is 0 Å². The van der Waals surface area contributed by atoms with Crippen LogP contribution >= 0.6 is 15.9 Å². The predicted molar refractivity (Wildman–Crippen MR) is 106 cm³/mol. The largest absolute Gasteiger partial charge is 0.339 e. The molecule has 3 aromatic rings. The van der Waals surface area contributed by atoms with Crippen molar-refractivity contribution in [2.75, 3.05) is 18.4 Å². The Balaban J connectivity index is 1.65. The molecule has 1 saturated heterocycles. The van der Waals surface area contributed by atoms with Crippen molar-refractivity contribution in [3.8, 4) is 5.69 Å². The third kappa shape index (κ3) is 3.65. The summed E-state index contributed by atoms with van der Waals surface area (Å²) in [7, 11) is 0. The normalized spacial score (nSPS) is 13.5. The molecular weight excluding hydrogens is 424 g/mol. The summed E-state index contributed by atoms with van der Waals surface area (Å²) >= 11 is 3.39. The van der Waals surface area contributed by atoms with E-state index in [0.717, 1.165) is 30.4 Å². The number of rotatable bonds is 4. The first-order valence-electron chi connectivity index (χ1n) is 8.86. The Morgan fingerprint density at radius 3 is 2.57 bits per heavy atom. The van der Waals surface area contributed by atoms with Gasteiger partial charge in [-0.05, 0) is 53.6 Å². The molecule has 0 spiro atoms. The van der Waals surface area contributed by atoms with Gasteiger partial charge in [0, 0.05) is 17.6 Å². The number of halogens is 1. The fourth-order valence-corrected chi connectivity index (χ4v) is 3.58. The number of carbonyl (C=O) groups is 2. The van der Waals surface area contributed by atoms with Crippen LogP contribution in [-0.4, -0.2) is 50.0 Å². The van der Waals surface area contributed by atoms with Gasteiger partial charge in [0.1, 0.15) is 6.33 Å². The molecule has 0 radical (unpaired) electrons. The minimum Gasteiger partial charge on any atom is -0.339 e. The molecule has 1 aliphatic rings. The Kier molecular flexibility index (Phi) is 5.16. The van der Waals surface area contributed by atoms with Crippen molar-refractivity contribution in [2.24, 2.45) is 0 Å². The number of benzene rings is 2. The molecule has 2 heterocycles. The van der Waals surface area contributed by atoms with Gasteiger partial charge in [-0.15, -0.1) is 5.10 Å². The van der Waals surface area contributed by atoms with Crippen LogP contribution < -0.4 is 5.32 Å². The summed E-state index contributed by atoms with van der Waals surface area (Å²) in [5, 5.41) is 14.0. The molecule has 0 unspecified atom stereocenters. The Morgan fingerprint density at radius 1 is 1.04 bits per heavy atom. The highest BCUT2D eigenvalue weighted by Crippen LogP contribution is 2.24. The summed E-state index contributed by atoms with van der Waals surface area (Å²) in [4.78, 5) is 27.7. The molecule has 0 bridgehead atoms. The molecule has 2 aromatic carbocycles. The van der Waals surface area contributed by atoms with Gasteiger partial charge in [-0.3, -0.25) is 9.59 Å². The maximum Gasteiger partial charge on any atom is 0.257 e. The van der Waals surface area contributed by atoms with Crippen LogP contribution in [0.5, 0.6) is 0 Å². The molecule has 0 aliphatic carbocycles. The maximum atomic E-state index is 13.0. The smallest absolute Gasteiger partial charge is 0.257 e. The minimum absolute atomic E-state index is 0.0664. The van der Waals surface area contributed by atoms with E-state index in [1.165, 1.54) is 11.0 Å². The quantitative estimate of drug-likeness (QED) is 0.672. The number of nitrogens with one attached hydrogen (secondary N) is 1. The van der Waals surface area contributed by atoms with E-state index in [1.807, 2.05) is 4.90 Å². The lowest BCUT2D eigenvalue weighted by Gasteiger charge is -2.18. The van der Waals surface area contributed by atoms with E-state index < -0.39 is 0 Å². The van der Waals surface area contributed by atoms with Crippen molar-refractivity contribution in [3.63, 3.8) is 0 Å². The number of hydrogen-bond acceptors (Lipinski definition) is 5. The van der Waals surface area contributed by atoms with Crippen LogP contribution in [0.2, 0.25) is 0 Å². The topological polar surface area (TPSA) is 93.0 Å². The fourth-order valence-electron chi connectivity index (χ4n) is 3.22. The number of nitrogens with zero attached hydrogens (tertiary/aromatic N) is 5. The van der Waals surface area contributed by atoms with Gasteiger partial charge in [-0.25, -0.2) is 0 Å². The van der Waals surface area contributed by atoms with Gasteiger partial charge in [0.15, 0.2) is 0 Å². The van der Waals surface area contributed by atoms with E-state index >= 15 is 0 Å². The van der Waals surface area contributed by atoms with Gasteiger partial charge in [0.2, 0.25) is 0 Å². The van der Waals surface area contributed by atoms with Crippen LogP contribution in [0.4, 0.5) is 5.69 Å². The van der Waals surface area contributed by atoms with E-state index in [2.05, 4.69) is 36.8 Å². The molecule has 0 atom stereocenters. The minimum atomic E-state index is -0.353.